The largest absolute Gasteiger partial charge is 0.479 e. The summed E-state index contributed by atoms with van der Waals surface area (Å²) in [6.07, 6.45) is 1.93. The molecule has 0 aliphatic carbocycles. The highest BCUT2D eigenvalue weighted by molar-refractivity contribution is 6.02. The summed E-state index contributed by atoms with van der Waals surface area (Å²) in [6, 6.07) is -12.8. The Labute approximate surface area is 443 Å². The first kappa shape index (κ1) is 68.1. The fourth-order valence-corrected chi connectivity index (χ4v) is 7.38. The predicted molar refractivity (Wildman–Crippen MR) is 263 cm³/mol. The summed E-state index contributed by atoms with van der Waals surface area (Å²) >= 11 is 0. The summed E-state index contributed by atoms with van der Waals surface area (Å²) in [7, 11) is 0. The van der Waals surface area contributed by atoms with Crippen LogP contribution in [0.3, 0.4) is 0 Å². The Balaban J connectivity index is 3.24. The number of aliphatic hydroxyl groups is 5. The Morgan fingerprint density at radius 1 is 0.701 bits per heavy atom. The molecule has 1 fully saturated rings. The van der Waals surface area contributed by atoms with Crippen molar-refractivity contribution in [1.82, 2.24) is 52.7 Å². The Bertz CT molecular complexity index is 2060. The van der Waals surface area contributed by atoms with Crippen LogP contribution in [0.5, 0.6) is 0 Å². The molecule has 0 spiro atoms. The van der Waals surface area contributed by atoms with E-state index in [9.17, 15) is 98.6 Å². The molecule has 31 nitrogen and oxygen atoms in total. The highest BCUT2D eigenvalue weighted by Gasteiger charge is 2.38. The number of nitrogens with one attached hydrogen (secondary N) is 8. The lowest BCUT2D eigenvalue weighted by Crippen LogP contribution is -2.62. The van der Waals surface area contributed by atoms with Crippen LogP contribution in [0.25, 0.3) is 0 Å². The van der Waals surface area contributed by atoms with Gasteiger partial charge in [-0.05, 0) is 45.4 Å². The summed E-state index contributed by atoms with van der Waals surface area (Å²) in [4.78, 5) is 154. The minimum Gasteiger partial charge on any atom is -0.479 e. The molecule has 0 aromatic carbocycles. The van der Waals surface area contributed by atoms with Crippen molar-refractivity contribution < 1.29 is 98.6 Å². The Morgan fingerprint density at radius 2 is 1.22 bits per heavy atom. The van der Waals surface area contributed by atoms with Gasteiger partial charge in [0.15, 0.2) is 6.10 Å². The van der Waals surface area contributed by atoms with Crippen LogP contribution < -0.4 is 48.3 Å². The smallest absolute Gasteiger partial charge is 0.335 e. The van der Waals surface area contributed by atoms with Crippen molar-refractivity contribution in [1.29, 1.82) is 0 Å². The zero-order valence-electron chi connectivity index (χ0n) is 43.4. The van der Waals surface area contributed by atoms with Gasteiger partial charge in [0.05, 0.1) is 32.3 Å². The molecule has 9 atom stereocenters. The molecule has 0 bridgehead atoms. The zero-order valence-corrected chi connectivity index (χ0v) is 43.4. The second-order valence-corrected chi connectivity index (χ2v) is 18.1. The summed E-state index contributed by atoms with van der Waals surface area (Å²) < 4.78 is 0. The average molecular weight is 1100 g/mol. The van der Waals surface area contributed by atoms with Gasteiger partial charge >= 0.3 is 5.97 Å². The summed E-state index contributed by atoms with van der Waals surface area (Å²) in [6.45, 7) is 0.533. The van der Waals surface area contributed by atoms with Gasteiger partial charge in [-0.3, -0.25) is 63.2 Å². The number of carbonyl (C=O) groups is 12. The molecule has 1 heterocycles. The van der Waals surface area contributed by atoms with Crippen molar-refractivity contribution in [3.63, 3.8) is 0 Å². The number of carboxylic acids is 1. The second-order valence-electron chi connectivity index (χ2n) is 18.1. The lowest BCUT2D eigenvalue weighted by molar-refractivity contribution is -0.173. The third kappa shape index (κ3) is 25.2. The summed E-state index contributed by atoms with van der Waals surface area (Å²) in [5.41, 5.74) is 4.70. The number of aliphatic hydroxyl groups excluding tert-OH is 5. The third-order valence-electron chi connectivity index (χ3n) is 11.9. The zero-order chi connectivity index (χ0) is 58.4. The fourth-order valence-electron chi connectivity index (χ4n) is 7.38. The first-order chi connectivity index (χ1) is 36.3. The molecule has 1 rings (SSSR count). The number of carbonyl (C=O) groups excluding carboxylic acids is 11. The first-order valence-corrected chi connectivity index (χ1v) is 25.1. The number of rotatable bonds is 37. The van der Waals surface area contributed by atoms with Gasteiger partial charge in [0.2, 0.25) is 53.2 Å². The van der Waals surface area contributed by atoms with Crippen molar-refractivity contribution in [3.8, 4) is 0 Å². The van der Waals surface area contributed by atoms with Crippen LogP contribution in [0, 0.1) is 0 Å². The van der Waals surface area contributed by atoms with E-state index in [0.29, 0.717) is 17.9 Å². The molecule has 9 unspecified atom stereocenters. The van der Waals surface area contributed by atoms with E-state index in [4.69, 9.17) is 5.73 Å². The number of piperidine rings is 1. The number of allylic oxidation sites excluding steroid dienone is 1. The molecule has 18 N–H and O–H groups in total. The first-order valence-electron chi connectivity index (χ1n) is 25.1. The van der Waals surface area contributed by atoms with E-state index in [2.05, 4.69) is 38.8 Å². The number of hydrogen-bond acceptors (Lipinski definition) is 19. The minimum atomic E-state index is -2.61. The van der Waals surface area contributed by atoms with Crippen molar-refractivity contribution in [2.75, 3.05) is 32.9 Å². The maximum absolute atomic E-state index is 13.7. The van der Waals surface area contributed by atoms with Crippen LogP contribution in [-0.2, 0) is 57.5 Å². The monoisotopic (exact) mass is 1100 g/mol. The van der Waals surface area contributed by atoms with Gasteiger partial charge in [-0.15, -0.1) is 0 Å². The van der Waals surface area contributed by atoms with Crippen LogP contribution in [0.1, 0.15) is 117 Å². The molecule has 0 radical (unpaired) electrons. The van der Waals surface area contributed by atoms with Crippen LogP contribution >= 0.6 is 0 Å². The van der Waals surface area contributed by atoms with Gasteiger partial charge in [0, 0.05) is 26.4 Å². The molecule has 0 aromatic rings. The molecule has 11 amide bonds. The van der Waals surface area contributed by atoms with Crippen LogP contribution in [-0.4, -0.2) is 210 Å². The molecular formula is C46H77N11O20. The lowest BCUT2D eigenvalue weighted by atomic mass is 10.0. The number of hydroxylamine groups is 4. The second kappa shape index (κ2) is 36.2. The van der Waals surface area contributed by atoms with E-state index in [-0.39, 0.29) is 30.9 Å². The molecule has 31 heteroatoms. The van der Waals surface area contributed by atoms with E-state index < -0.39 is 183 Å². The molecule has 0 saturated carbocycles. The molecule has 1 aliphatic heterocycles. The Hall–Kier alpha value is -6.90. The molecule has 0 aromatic heterocycles. The van der Waals surface area contributed by atoms with E-state index in [1.54, 1.807) is 0 Å². The number of hydrogen-bond donors (Lipinski definition) is 17. The number of carboxylic acid groups (broad SMARTS) is 1. The molecule has 436 valence electrons. The number of amides is 11. The molecule has 1 aliphatic rings. The maximum atomic E-state index is 13.7. The van der Waals surface area contributed by atoms with E-state index >= 15 is 0 Å². The van der Waals surface area contributed by atoms with E-state index in [1.807, 2.05) is 10.6 Å². The van der Waals surface area contributed by atoms with Gasteiger partial charge in [0.25, 0.3) is 11.8 Å². The van der Waals surface area contributed by atoms with Crippen molar-refractivity contribution in [3.05, 3.63) is 11.8 Å². The fraction of sp³-hybridized carbons (Fsp3) is 0.696. The highest BCUT2D eigenvalue weighted by Crippen LogP contribution is 2.13. The molecular weight excluding hydrogens is 1030 g/mol. The normalized spacial score (nSPS) is 16.6. The van der Waals surface area contributed by atoms with Crippen LogP contribution in [0.15, 0.2) is 11.8 Å². The van der Waals surface area contributed by atoms with Crippen LogP contribution in [0.2, 0.25) is 0 Å². The molecule has 77 heavy (non-hydrogen) atoms. The number of aliphatic carboxylic acids is 1. The quantitative estimate of drug-likeness (QED) is 0.0119. The Morgan fingerprint density at radius 3 is 1.75 bits per heavy atom. The van der Waals surface area contributed by atoms with E-state index in [0.717, 1.165) is 51.5 Å². The van der Waals surface area contributed by atoms with Gasteiger partial charge < -0.3 is 78.9 Å². The number of primary amides is 1. The SMILES string of the molecule is CC=C(NC(=O)C(CCCN(O)C(C)=O)NC(=O)C(CO)NC(=O)C(CCC(N)=O)NC(=O)C(CO)NC(=O)C(NC(=O)CC(O)CCCCCCCCC)C(O)C(=O)O)C(=O)NC(CO)C(=O)NC1CCCN(O)C1=O. The minimum absolute atomic E-state index is 0.0184. The van der Waals surface area contributed by atoms with Gasteiger partial charge in [0.1, 0.15) is 48.0 Å². The topological polar surface area (TPSA) is 495 Å². The predicted octanol–water partition coefficient (Wildman–Crippen LogP) is -5.99. The number of unbranched alkanes of at least 4 members (excludes halogenated alkanes) is 6. The molecule has 1 saturated heterocycles. The van der Waals surface area contributed by atoms with E-state index in [1.165, 1.54) is 6.92 Å². The standard InChI is InChI=1S/C46H77N11O20/c1-4-6-7-8-9-10-11-14-26(62)21-35(64)55-36(37(65)46(74)75)44(72)54-33(24-60)42(70)50-29(17-18-34(47)63)40(68)53-31(22-58)41(69)49-28(15-12-19-56(76)25(3)61)39(67)48-27(5-2)38(66)52-32(23-59)43(71)51-30-16-13-20-57(77)45(30)73/h5,26,28-33,36-37,58-60,62,65,76-77H,4,6-24H2,1-3H3,(H2,47,63)(H,48,67)(H,49,69)(H,50,70)(H,51,71)(H,52,66)(H,53,68)(H,54,72)(H,55,64)(H,74,75). The maximum Gasteiger partial charge on any atom is 0.335 e. The van der Waals surface area contributed by atoms with Crippen LogP contribution in [0.4, 0.5) is 0 Å². The number of nitrogens with zero attached hydrogens (tertiary/aromatic N) is 2. The van der Waals surface area contributed by atoms with Gasteiger partial charge in [-0.2, -0.15) is 0 Å². The lowest BCUT2D eigenvalue weighted by Gasteiger charge is -2.29. The van der Waals surface area contributed by atoms with Gasteiger partial charge in [-0.25, -0.2) is 14.9 Å². The third-order valence-corrected chi connectivity index (χ3v) is 11.9. The van der Waals surface area contributed by atoms with Gasteiger partial charge in [-0.1, -0.05) is 57.9 Å². The summed E-state index contributed by atoms with van der Waals surface area (Å²) in [5.74, 6) is -14.5. The Kier molecular flexibility index (Phi) is 32.0. The average Bonchev–Trinajstić information content (AvgIpc) is 3.38. The van der Waals surface area contributed by atoms with Crippen molar-refractivity contribution in [2.45, 2.75) is 172 Å². The number of nitrogens with two attached hydrogens (primary N) is 1. The summed E-state index contributed by atoms with van der Waals surface area (Å²) in [5, 5.41) is 97.8. The highest BCUT2D eigenvalue weighted by atomic mass is 16.5. The van der Waals surface area contributed by atoms with Crippen molar-refractivity contribution >= 4 is 70.9 Å². The van der Waals surface area contributed by atoms with Crippen molar-refractivity contribution in [2.24, 2.45) is 5.73 Å².